The molecule has 0 bridgehead atoms. The molecule has 1 heterocycles. The van der Waals surface area contributed by atoms with Gasteiger partial charge in [0.05, 0.1) is 0 Å². The Balaban J connectivity index is 2.18. The molecule has 1 aliphatic rings. The first-order chi connectivity index (χ1) is 9.95. The maximum Gasteiger partial charge on any atom is 0.308 e. The quantitative estimate of drug-likeness (QED) is 0.468. The van der Waals surface area contributed by atoms with E-state index in [0.717, 1.165) is 32.0 Å². The Hall–Kier alpha value is -1.59. The lowest BCUT2D eigenvalue weighted by atomic mass is 10.0. The summed E-state index contributed by atoms with van der Waals surface area (Å²) in [5.74, 6) is 0.518. The molecule has 1 aliphatic heterocycles. The van der Waals surface area contributed by atoms with Crippen LogP contribution in [0.25, 0.3) is 11.1 Å². The van der Waals surface area contributed by atoms with E-state index in [2.05, 4.69) is 0 Å². The van der Waals surface area contributed by atoms with E-state index >= 15 is 0 Å². The van der Waals surface area contributed by atoms with E-state index in [0.29, 0.717) is 5.75 Å². The number of aryl methyl sites for hydroxylation is 2. The number of esters is 1. The third kappa shape index (κ3) is 2.63. The molecule has 0 spiro atoms. The molecule has 0 aromatic heterocycles. The lowest BCUT2D eigenvalue weighted by Gasteiger charge is -2.21. The summed E-state index contributed by atoms with van der Waals surface area (Å²) in [5.41, 5.74) is 3.76. The fourth-order valence-corrected chi connectivity index (χ4v) is 4.76. The van der Waals surface area contributed by atoms with Crippen molar-refractivity contribution in [1.82, 2.24) is 0 Å². The van der Waals surface area contributed by atoms with Gasteiger partial charge in [0, 0.05) is 27.8 Å². The summed E-state index contributed by atoms with van der Waals surface area (Å²) >= 11 is 0. The number of fused-ring (bicyclic) bond motifs is 3. The Bertz CT molecular complexity index is 754. The average Bonchev–Trinajstić information content (AvgIpc) is 2.41. The van der Waals surface area contributed by atoms with E-state index in [9.17, 15) is 9.90 Å². The molecular formula is C16H14O3S2. The number of aromatic hydroxyl groups is 1. The number of hydrogen-bond acceptors (Lipinski definition) is 5. The maximum absolute atomic E-state index is 11.2. The molecule has 0 saturated carbocycles. The van der Waals surface area contributed by atoms with Crippen molar-refractivity contribution in [2.24, 2.45) is 0 Å². The number of ether oxygens (including phenoxy) is 1. The minimum absolute atomic E-state index is 0.279. The van der Waals surface area contributed by atoms with Gasteiger partial charge in [0.15, 0.2) is 0 Å². The van der Waals surface area contributed by atoms with Crippen LogP contribution < -0.4 is 4.74 Å². The summed E-state index contributed by atoms with van der Waals surface area (Å²) in [4.78, 5) is 13.4. The standard InChI is InChI=1S/C16H14O3S2/c1-8-4-15-11(6-13(8)18)12-7-14(19-10(3)17)9(2)5-16(12)21-20-15/h4-7,18H,1-3H3. The van der Waals surface area contributed by atoms with Gasteiger partial charge in [-0.05, 0) is 49.2 Å². The summed E-state index contributed by atoms with van der Waals surface area (Å²) < 4.78 is 5.26. The molecule has 0 fully saturated rings. The molecule has 2 aromatic rings. The average molecular weight is 318 g/mol. The minimum Gasteiger partial charge on any atom is -0.508 e. The summed E-state index contributed by atoms with van der Waals surface area (Å²) in [6.45, 7) is 5.20. The summed E-state index contributed by atoms with van der Waals surface area (Å²) in [5, 5.41) is 9.97. The second-order valence-corrected chi connectivity index (χ2v) is 7.22. The Morgan fingerprint density at radius 3 is 2.19 bits per heavy atom. The van der Waals surface area contributed by atoms with Crippen molar-refractivity contribution in [3.05, 3.63) is 35.4 Å². The Kier molecular flexibility index (Phi) is 3.63. The van der Waals surface area contributed by atoms with E-state index in [4.69, 9.17) is 4.74 Å². The SMILES string of the molecule is CC(=O)Oc1cc2c(cc1C)SSc1cc(C)c(O)cc1-2. The zero-order valence-electron chi connectivity index (χ0n) is 11.9. The monoisotopic (exact) mass is 318 g/mol. The van der Waals surface area contributed by atoms with Gasteiger partial charge >= 0.3 is 5.97 Å². The lowest BCUT2D eigenvalue weighted by molar-refractivity contribution is -0.131. The van der Waals surface area contributed by atoms with Gasteiger partial charge in [-0.2, -0.15) is 0 Å². The molecule has 0 radical (unpaired) electrons. The van der Waals surface area contributed by atoms with Crippen LogP contribution in [-0.4, -0.2) is 11.1 Å². The highest BCUT2D eigenvalue weighted by molar-refractivity contribution is 8.76. The normalized spacial score (nSPS) is 12.5. The first-order valence-corrected chi connectivity index (χ1v) is 8.62. The predicted molar refractivity (Wildman–Crippen MR) is 86.0 cm³/mol. The van der Waals surface area contributed by atoms with Crippen molar-refractivity contribution < 1.29 is 14.6 Å². The van der Waals surface area contributed by atoms with Crippen LogP contribution in [0.1, 0.15) is 18.1 Å². The number of rotatable bonds is 1. The molecule has 21 heavy (non-hydrogen) atoms. The maximum atomic E-state index is 11.2. The van der Waals surface area contributed by atoms with Crippen molar-refractivity contribution >= 4 is 27.6 Å². The predicted octanol–water partition coefficient (Wildman–Crippen LogP) is 4.71. The molecule has 0 amide bonds. The Morgan fingerprint density at radius 1 is 1.00 bits per heavy atom. The molecule has 3 rings (SSSR count). The molecule has 0 atom stereocenters. The fourth-order valence-electron chi connectivity index (χ4n) is 2.25. The van der Waals surface area contributed by atoms with Crippen LogP contribution in [0.3, 0.4) is 0 Å². The largest absolute Gasteiger partial charge is 0.508 e. The molecule has 0 unspecified atom stereocenters. The van der Waals surface area contributed by atoms with Crippen molar-refractivity contribution in [2.45, 2.75) is 30.6 Å². The third-order valence-corrected chi connectivity index (χ3v) is 5.79. The van der Waals surface area contributed by atoms with Crippen LogP contribution in [0.5, 0.6) is 11.5 Å². The zero-order valence-corrected chi connectivity index (χ0v) is 13.5. The fraction of sp³-hybridized carbons (Fsp3) is 0.188. The van der Waals surface area contributed by atoms with Crippen molar-refractivity contribution in [3.8, 4) is 22.6 Å². The van der Waals surface area contributed by atoms with Gasteiger partial charge in [0.25, 0.3) is 0 Å². The van der Waals surface area contributed by atoms with Gasteiger partial charge in [0.1, 0.15) is 11.5 Å². The molecular weight excluding hydrogens is 304 g/mol. The Labute approximate surface area is 131 Å². The molecule has 2 aromatic carbocycles. The first-order valence-electron chi connectivity index (χ1n) is 6.47. The molecule has 0 aliphatic carbocycles. The second-order valence-electron chi connectivity index (χ2n) is 5.01. The van der Waals surface area contributed by atoms with E-state index in [1.54, 1.807) is 27.7 Å². The smallest absolute Gasteiger partial charge is 0.308 e. The topological polar surface area (TPSA) is 46.5 Å². The van der Waals surface area contributed by atoms with E-state index in [1.807, 2.05) is 32.0 Å². The van der Waals surface area contributed by atoms with Crippen molar-refractivity contribution in [1.29, 1.82) is 0 Å². The number of carbonyl (C=O) groups excluding carboxylic acids is 1. The number of phenols is 1. The van der Waals surface area contributed by atoms with Crippen molar-refractivity contribution in [3.63, 3.8) is 0 Å². The van der Waals surface area contributed by atoms with Crippen molar-refractivity contribution in [2.75, 3.05) is 0 Å². The van der Waals surface area contributed by atoms with E-state index < -0.39 is 0 Å². The summed E-state index contributed by atoms with van der Waals surface area (Å²) in [6, 6.07) is 7.66. The first kappa shape index (κ1) is 14.4. The molecule has 5 heteroatoms. The van der Waals surface area contributed by atoms with Gasteiger partial charge in [0.2, 0.25) is 0 Å². The van der Waals surface area contributed by atoms with Crippen LogP contribution >= 0.6 is 21.6 Å². The van der Waals surface area contributed by atoms with Crippen LogP contribution in [-0.2, 0) is 4.79 Å². The summed E-state index contributed by atoms with van der Waals surface area (Å²) in [6.07, 6.45) is 0. The highest BCUT2D eigenvalue weighted by atomic mass is 33.1. The molecule has 3 nitrogen and oxygen atoms in total. The highest BCUT2D eigenvalue weighted by Gasteiger charge is 2.21. The van der Waals surface area contributed by atoms with Gasteiger partial charge in [-0.25, -0.2) is 0 Å². The molecule has 1 N–H and O–H groups in total. The van der Waals surface area contributed by atoms with E-state index in [-0.39, 0.29) is 11.7 Å². The minimum atomic E-state index is -0.331. The number of benzene rings is 2. The van der Waals surface area contributed by atoms with Gasteiger partial charge in [-0.15, -0.1) is 0 Å². The van der Waals surface area contributed by atoms with Gasteiger partial charge in [-0.3, -0.25) is 4.79 Å². The van der Waals surface area contributed by atoms with E-state index in [1.165, 1.54) is 6.92 Å². The highest BCUT2D eigenvalue weighted by Crippen LogP contribution is 2.53. The van der Waals surface area contributed by atoms with Crippen LogP contribution in [0, 0.1) is 13.8 Å². The number of carbonyl (C=O) groups is 1. The summed E-state index contributed by atoms with van der Waals surface area (Å²) in [7, 11) is 3.36. The van der Waals surface area contributed by atoms with Gasteiger partial charge in [-0.1, -0.05) is 21.6 Å². The lowest BCUT2D eigenvalue weighted by Crippen LogP contribution is -2.04. The zero-order chi connectivity index (χ0) is 15.1. The van der Waals surface area contributed by atoms with Gasteiger partial charge < -0.3 is 9.84 Å². The third-order valence-electron chi connectivity index (χ3n) is 3.34. The van der Waals surface area contributed by atoms with Crippen LogP contribution in [0.4, 0.5) is 0 Å². The van der Waals surface area contributed by atoms with Crippen LogP contribution in [0.15, 0.2) is 34.1 Å². The molecule has 108 valence electrons. The van der Waals surface area contributed by atoms with Crippen LogP contribution in [0.2, 0.25) is 0 Å². The number of hydrogen-bond donors (Lipinski definition) is 1. The Morgan fingerprint density at radius 2 is 1.57 bits per heavy atom. The second kappa shape index (κ2) is 5.31. The molecule has 0 saturated heterocycles. The number of phenolic OH excluding ortho intramolecular Hbond substituents is 1.